The predicted molar refractivity (Wildman–Crippen MR) is 206 cm³/mol. The highest BCUT2D eigenvalue weighted by atomic mass is 16.5. The molecule has 3 heterocycles. The molecule has 0 spiro atoms. The average molecular weight is 702 g/mol. The number of nitrogens with one attached hydrogen (secondary N) is 1. The van der Waals surface area contributed by atoms with Crippen molar-refractivity contribution in [2.24, 2.45) is 16.8 Å². The van der Waals surface area contributed by atoms with Crippen molar-refractivity contribution in [2.75, 3.05) is 39.4 Å². The van der Waals surface area contributed by atoms with Gasteiger partial charge in [-0.25, -0.2) is 0 Å². The van der Waals surface area contributed by atoms with Crippen molar-refractivity contribution in [2.45, 2.75) is 82.7 Å². The molecule has 3 aliphatic heterocycles. The van der Waals surface area contributed by atoms with E-state index >= 15 is 0 Å². The Kier molecular flexibility index (Phi) is 12.1. The monoisotopic (exact) mass is 701 g/mol. The molecule has 1 amide bonds. The van der Waals surface area contributed by atoms with Crippen LogP contribution in [0, 0.1) is 16.7 Å². The fourth-order valence-corrected chi connectivity index (χ4v) is 8.30. The van der Waals surface area contributed by atoms with Crippen LogP contribution in [0.15, 0.2) is 90.1 Å². The number of hydrogen-bond donors (Lipinski definition) is 1. The molecule has 52 heavy (non-hydrogen) atoms. The lowest BCUT2D eigenvalue weighted by Crippen LogP contribution is -2.42. The number of ketones is 1. The van der Waals surface area contributed by atoms with Gasteiger partial charge in [0.1, 0.15) is 0 Å². The molecule has 4 aliphatic rings. The Labute approximate surface area is 308 Å². The van der Waals surface area contributed by atoms with Crippen molar-refractivity contribution in [1.82, 2.24) is 10.2 Å². The van der Waals surface area contributed by atoms with Gasteiger partial charge >= 0.3 is 0 Å². The minimum Gasteiger partial charge on any atom is -0.379 e. The number of carbonyl (C=O) groups excluding carboxylic acids is 2. The topological polar surface area (TPSA) is 91.1 Å². The molecule has 3 aromatic rings. The molecule has 8 nitrogen and oxygen atoms in total. The van der Waals surface area contributed by atoms with Crippen LogP contribution in [0.2, 0.25) is 0 Å². The smallest absolute Gasteiger partial charge is 0.251 e. The molecule has 7 rings (SSSR count). The van der Waals surface area contributed by atoms with Gasteiger partial charge in [0.2, 0.25) is 6.04 Å². The van der Waals surface area contributed by atoms with E-state index in [-0.39, 0.29) is 18.0 Å². The maximum absolute atomic E-state index is 13.6. The summed E-state index contributed by atoms with van der Waals surface area (Å²) in [4.78, 5) is 45.3. The molecule has 4 atom stereocenters. The van der Waals surface area contributed by atoms with E-state index in [4.69, 9.17) is 9.73 Å². The van der Waals surface area contributed by atoms with E-state index in [0.29, 0.717) is 55.9 Å². The van der Waals surface area contributed by atoms with Crippen molar-refractivity contribution in [1.29, 1.82) is 0 Å². The lowest BCUT2D eigenvalue weighted by molar-refractivity contribution is -0.562. The summed E-state index contributed by atoms with van der Waals surface area (Å²) in [5.41, 5.74) is 7.69. The summed E-state index contributed by atoms with van der Waals surface area (Å²) >= 11 is 0. The van der Waals surface area contributed by atoms with E-state index in [0.717, 1.165) is 79.5 Å². The molecule has 4 unspecified atom stereocenters. The first-order valence-electron chi connectivity index (χ1n) is 19.6. The van der Waals surface area contributed by atoms with Crippen LogP contribution < -0.4 is 5.32 Å². The molecular weight excluding hydrogens is 649 g/mol. The molecule has 272 valence electrons. The average Bonchev–Trinajstić information content (AvgIpc) is 3.86. The van der Waals surface area contributed by atoms with E-state index in [1.54, 1.807) is 0 Å². The van der Waals surface area contributed by atoms with Crippen LogP contribution in [0.3, 0.4) is 0 Å². The SMILES string of the molecule is O=C(NCC1CCC[N+]1=O)c1ccc(-c2ccc(C3=CN=C(CCCCC4CC4CC(=O)C(c4ccccc4)N4CCOCC4)CCC3)cc2)cc1. The number of unbranched alkanes of at least 4 members (excludes halogenated alkanes) is 1. The van der Waals surface area contributed by atoms with E-state index < -0.39 is 0 Å². The summed E-state index contributed by atoms with van der Waals surface area (Å²) in [7, 11) is 0. The zero-order chi connectivity index (χ0) is 35.7. The van der Waals surface area contributed by atoms with Crippen molar-refractivity contribution in [3.63, 3.8) is 0 Å². The fourth-order valence-electron chi connectivity index (χ4n) is 8.30. The summed E-state index contributed by atoms with van der Waals surface area (Å²) < 4.78 is 6.65. The summed E-state index contributed by atoms with van der Waals surface area (Å²) in [5, 5.41) is 2.91. The molecule has 3 fully saturated rings. The molecule has 1 saturated carbocycles. The minimum atomic E-state index is -0.144. The first-order chi connectivity index (χ1) is 25.5. The Morgan fingerprint density at radius 3 is 2.33 bits per heavy atom. The number of nitroso groups, excluding NO2 is 1. The van der Waals surface area contributed by atoms with Gasteiger partial charge in [0.05, 0.1) is 25.8 Å². The second-order valence-corrected chi connectivity index (χ2v) is 15.1. The number of ether oxygens (including phenoxy) is 1. The van der Waals surface area contributed by atoms with Crippen molar-refractivity contribution in [3.8, 4) is 11.1 Å². The number of Topliss-reactive ketones (excluding diaryl/α,β-unsaturated/α-hetero) is 1. The van der Waals surface area contributed by atoms with Crippen LogP contribution in [0.5, 0.6) is 0 Å². The molecule has 0 bridgehead atoms. The van der Waals surface area contributed by atoms with Crippen LogP contribution in [-0.2, 0) is 9.53 Å². The molecule has 0 radical (unpaired) electrons. The minimum absolute atomic E-state index is 0.112. The van der Waals surface area contributed by atoms with E-state index in [2.05, 4.69) is 52.8 Å². The maximum atomic E-state index is 13.6. The predicted octanol–water partition coefficient (Wildman–Crippen LogP) is 8.22. The standard InChI is InChI=1S/C44H52N4O4/c49-42(43(35-8-2-1-3-9-35)47-24-26-52-27-25-47)29-39-28-37(39)10-4-5-12-40-13-6-11-38(30-45-40)34-17-15-32(16-18-34)33-19-21-36(22-20-33)44(50)46-31-41-14-7-23-48(41)51/h1-3,8-9,15-22,30,37,39,41,43H,4-7,10-14,23-29,31H2/p+1. The fraction of sp³-hybridized carbons (Fsp3) is 0.477. The highest BCUT2D eigenvalue weighted by Crippen LogP contribution is 2.46. The van der Waals surface area contributed by atoms with Crippen LogP contribution in [-0.4, -0.2) is 72.5 Å². The lowest BCUT2D eigenvalue weighted by atomic mass is 9.96. The number of nitrogens with zero attached hydrogens (tertiary/aromatic N) is 3. The summed E-state index contributed by atoms with van der Waals surface area (Å²) in [5.74, 6) is 1.46. The largest absolute Gasteiger partial charge is 0.379 e. The van der Waals surface area contributed by atoms with Crippen molar-refractivity contribution in [3.05, 3.63) is 107 Å². The van der Waals surface area contributed by atoms with Gasteiger partial charge < -0.3 is 10.1 Å². The number of hydrogen-bond acceptors (Lipinski definition) is 6. The third-order valence-corrected chi connectivity index (χ3v) is 11.5. The van der Waals surface area contributed by atoms with Gasteiger partial charge in [0.15, 0.2) is 12.3 Å². The van der Waals surface area contributed by atoms with Crippen LogP contribution >= 0.6 is 0 Å². The molecule has 0 aromatic heterocycles. The van der Waals surface area contributed by atoms with Gasteiger partial charge in [-0.2, -0.15) is 0 Å². The summed E-state index contributed by atoms with van der Waals surface area (Å²) in [6, 6.07) is 26.4. The van der Waals surface area contributed by atoms with Gasteiger partial charge in [0.25, 0.3) is 5.91 Å². The molecule has 3 aromatic carbocycles. The summed E-state index contributed by atoms with van der Waals surface area (Å²) in [6.07, 6.45) is 13.5. The van der Waals surface area contributed by atoms with Crippen LogP contribution in [0.4, 0.5) is 0 Å². The van der Waals surface area contributed by atoms with Gasteiger partial charge in [-0.1, -0.05) is 79.6 Å². The molecule has 1 N–H and O–H groups in total. The van der Waals surface area contributed by atoms with Crippen molar-refractivity contribution < 1.29 is 19.1 Å². The number of amides is 1. The first kappa shape index (κ1) is 36.1. The first-order valence-corrected chi connectivity index (χ1v) is 19.6. The Hall–Kier alpha value is -4.27. The zero-order valence-corrected chi connectivity index (χ0v) is 30.4. The summed E-state index contributed by atoms with van der Waals surface area (Å²) in [6.45, 7) is 3.98. The van der Waals surface area contributed by atoms with Gasteiger partial charge in [0, 0.05) is 59.5 Å². The Morgan fingerprint density at radius 1 is 0.865 bits per heavy atom. The third kappa shape index (κ3) is 9.39. The lowest BCUT2D eigenvalue weighted by Gasteiger charge is -2.34. The molecular formula is C44H53N4O4+. The quantitative estimate of drug-likeness (QED) is 0.127. The van der Waals surface area contributed by atoms with E-state index in [9.17, 15) is 14.5 Å². The number of rotatable bonds is 15. The normalized spacial score (nSPS) is 22.6. The van der Waals surface area contributed by atoms with Gasteiger partial charge in [-0.3, -0.25) is 19.5 Å². The highest BCUT2D eigenvalue weighted by molar-refractivity contribution is 5.94. The number of morpholine rings is 1. The van der Waals surface area contributed by atoms with Gasteiger partial charge in [-0.15, -0.1) is 0 Å². The van der Waals surface area contributed by atoms with Crippen molar-refractivity contribution >= 4 is 23.0 Å². The Bertz CT molecular complexity index is 1740. The Morgan fingerprint density at radius 2 is 1.60 bits per heavy atom. The highest BCUT2D eigenvalue weighted by Gasteiger charge is 2.40. The second kappa shape index (κ2) is 17.5. The molecule has 2 saturated heterocycles. The number of aliphatic imine (C=N–C) groups is 1. The van der Waals surface area contributed by atoms with Crippen LogP contribution in [0.1, 0.15) is 98.2 Å². The number of benzene rings is 3. The number of allylic oxidation sites excluding steroid dienone is 1. The number of carbonyl (C=O) groups is 2. The van der Waals surface area contributed by atoms with Gasteiger partial charge in [-0.05, 0) is 90.3 Å². The third-order valence-electron chi connectivity index (χ3n) is 11.5. The zero-order valence-electron chi connectivity index (χ0n) is 30.4. The Balaban J connectivity index is 0.845. The van der Waals surface area contributed by atoms with Crippen LogP contribution in [0.25, 0.3) is 16.7 Å². The molecule has 8 heteroatoms. The van der Waals surface area contributed by atoms with E-state index in [1.807, 2.05) is 42.5 Å². The van der Waals surface area contributed by atoms with E-state index in [1.165, 1.54) is 36.1 Å². The molecule has 1 aliphatic carbocycles. The maximum Gasteiger partial charge on any atom is 0.251 e. The second-order valence-electron chi connectivity index (χ2n) is 15.1.